The van der Waals surface area contributed by atoms with Crippen LogP contribution >= 0.6 is 11.8 Å². The van der Waals surface area contributed by atoms with Crippen LogP contribution in [-0.2, 0) is 14.4 Å². The second-order valence-corrected chi connectivity index (χ2v) is 7.53. The third kappa shape index (κ3) is 4.28. The molecule has 0 saturated heterocycles. The van der Waals surface area contributed by atoms with Gasteiger partial charge in [0, 0.05) is 16.3 Å². The van der Waals surface area contributed by atoms with Gasteiger partial charge in [0.2, 0.25) is 5.78 Å². The number of para-hydroxylation sites is 1. The summed E-state index contributed by atoms with van der Waals surface area (Å²) in [7, 11) is 0. The van der Waals surface area contributed by atoms with Gasteiger partial charge in [-0.1, -0.05) is 36.0 Å². The summed E-state index contributed by atoms with van der Waals surface area (Å²) in [5, 5.41) is 5.78. The number of benzene rings is 2. The summed E-state index contributed by atoms with van der Waals surface area (Å²) >= 11 is 1.32. The third-order valence-corrected chi connectivity index (χ3v) is 5.54. The van der Waals surface area contributed by atoms with Crippen molar-refractivity contribution in [3.8, 4) is 0 Å². The van der Waals surface area contributed by atoms with E-state index in [0.29, 0.717) is 16.3 Å². The van der Waals surface area contributed by atoms with E-state index >= 15 is 0 Å². The van der Waals surface area contributed by atoms with Crippen LogP contribution in [0.1, 0.15) is 24.5 Å². The fraction of sp³-hybridized carbons (Fsp3) is 0.190. The number of hydrogen-bond donors (Lipinski definition) is 2. The van der Waals surface area contributed by atoms with Gasteiger partial charge in [-0.05, 0) is 50.1 Å². The highest BCUT2D eigenvalue weighted by atomic mass is 32.2. The van der Waals surface area contributed by atoms with Gasteiger partial charge >= 0.3 is 0 Å². The fourth-order valence-corrected chi connectivity index (χ4v) is 3.72. The molecule has 0 unspecified atom stereocenters. The molecular formula is C21H20N2O3S. The fourth-order valence-electron chi connectivity index (χ4n) is 2.74. The van der Waals surface area contributed by atoms with E-state index in [4.69, 9.17) is 0 Å². The SMILES string of the molecule is CC1=C(C(=O)CC(=O)C(=O)Nc2cc(C)ccc2C)Sc2ccccc2N1. The Morgan fingerprint density at radius 1 is 1.04 bits per heavy atom. The maximum absolute atomic E-state index is 12.6. The Morgan fingerprint density at radius 3 is 2.56 bits per heavy atom. The van der Waals surface area contributed by atoms with Crippen molar-refractivity contribution >= 4 is 40.6 Å². The molecule has 27 heavy (non-hydrogen) atoms. The zero-order valence-corrected chi connectivity index (χ0v) is 16.2. The van der Waals surface area contributed by atoms with Gasteiger partial charge in [-0.15, -0.1) is 0 Å². The Kier molecular flexibility index (Phi) is 5.46. The number of Topliss-reactive ketones (excluding diaryl/α,β-unsaturated/α-hetero) is 2. The van der Waals surface area contributed by atoms with Crippen LogP contribution in [0.4, 0.5) is 11.4 Å². The van der Waals surface area contributed by atoms with Gasteiger partial charge in [0.15, 0.2) is 5.78 Å². The zero-order chi connectivity index (χ0) is 19.6. The lowest BCUT2D eigenvalue weighted by atomic mass is 10.1. The van der Waals surface area contributed by atoms with Crippen molar-refractivity contribution in [2.24, 2.45) is 0 Å². The molecule has 0 saturated carbocycles. The second-order valence-electron chi connectivity index (χ2n) is 6.47. The van der Waals surface area contributed by atoms with E-state index in [1.807, 2.05) is 50.2 Å². The number of carbonyl (C=O) groups is 3. The van der Waals surface area contributed by atoms with Gasteiger partial charge in [0.1, 0.15) is 0 Å². The molecule has 0 aliphatic carbocycles. The molecule has 6 heteroatoms. The Morgan fingerprint density at radius 2 is 1.78 bits per heavy atom. The van der Waals surface area contributed by atoms with Gasteiger partial charge in [0.05, 0.1) is 17.0 Å². The van der Waals surface area contributed by atoms with E-state index in [9.17, 15) is 14.4 Å². The lowest BCUT2D eigenvalue weighted by Crippen LogP contribution is -2.26. The first kappa shape index (κ1) is 18.9. The highest BCUT2D eigenvalue weighted by Crippen LogP contribution is 2.40. The van der Waals surface area contributed by atoms with Gasteiger partial charge in [-0.25, -0.2) is 0 Å². The predicted octanol–water partition coefficient (Wildman–Crippen LogP) is 4.22. The van der Waals surface area contributed by atoms with Crippen LogP contribution in [0.15, 0.2) is 58.0 Å². The van der Waals surface area contributed by atoms with Crippen molar-refractivity contribution < 1.29 is 14.4 Å². The standard InChI is InChI=1S/C21H20N2O3S/c1-12-8-9-13(2)16(10-12)23-21(26)18(25)11-17(24)20-14(3)22-15-6-4-5-7-19(15)27-20/h4-10,22H,11H2,1-3H3,(H,23,26). The number of thioether (sulfide) groups is 1. The third-order valence-electron chi connectivity index (χ3n) is 4.23. The largest absolute Gasteiger partial charge is 0.357 e. The van der Waals surface area contributed by atoms with Crippen LogP contribution in [0.3, 0.4) is 0 Å². The molecule has 0 radical (unpaired) electrons. The molecule has 2 aromatic carbocycles. The summed E-state index contributed by atoms with van der Waals surface area (Å²) in [5.41, 5.74) is 4.03. The predicted molar refractivity (Wildman–Crippen MR) is 108 cm³/mol. The summed E-state index contributed by atoms with van der Waals surface area (Å²) in [6, 6.07) is 13.2. The molecule has 1 heterocycles. The van der Waals surface area contributed by atoms with E-state index in [-0.39, 0.29) is 5.78 Å². The highest BCUT2D eigenvalue weighted by Gasteiger charge is 2.25. The van der Waals surface area contributed by atoms with Gasteiger partial charge < -0.3 is 10.6 Å². The van der Waals surface area contributed by atoms with Crippen molar-refractivity contribution in [1.29, 1.82) is 0 Å². The van der Waals surface area contributed by atoms with E-state index in [2.05, 4.69) is 10.6 Å². The normalized spacial score (nSPS) is 12.9. The van der Waals surface area contributed by atoms with Gasteiger partial charge in [-0.3, -0.25) is 14.4 Å². The van der Waals surface area contributed by atoms with Crippen molar-refractivity contribution in [1.82, 2.24) is 0 Å². The number of carbonyl (C=O) groups excluding carboxylic acids is 3. The quantitative estimate of drug-likeness (QED) is 0.600. The monoisotopic (exact) mass is 380 g/mol. The lowest BCUT2D eigenvalue weighted by Gasteiger charge is -2.21. The topological polar surface area (TPSA) is 75.3 Å². The minimum absolute atomic E-state index is 0.361. The van der Waals surface area contributed by atoms with Crippen LogP contribution in [0, 0.1) is 13.8 Å². The first-order valence-electron chi connectivity index (χ1n) is 8.54. The first-order valence-corrected chi connectivity index (χ1v) is 9.36. The number of fused-ring (bicyclic) bond motifs is 1. The van der Waals surface area contributed by atoms with E-state index in [1.165, 1.54) is 11.8 Å². The van der Waals surface area contributed by atoms with Crippen LogP contribution in [-0.4, -0.2) is 17.5 Å². The Hall–Kier alpha value is -2.86. The van der Waals surface area contributed by atoms with Crippen LogP contribution in [0.5, 0.6) is 0 Å². The number of amides is 1. The van der Waals surface area contributed by atoms with Crippen molar-refractivity contribution in [3.05, 3.63) is 64.2 Å². The number of allylic oxidation sites excluding steroid dienone is 2. The molecule has 3 rings (SSSR count). The van der Waals surface area contributed by atoms with Crippen LogP contribution in [0.2, 0.25) is 0 Å². The minimum Gasteiger partial charge on any atom is -0.357 e. The van der Waals surface area contributed by atoms with E-state index in [0.717, 1.165) is 21.7 Å². The Bertz CT molecular complexity index is 979. The molecule has 2 N–H and O–H groups in total. The Labute approximate surface area is 162 Å². The Balaban J connectivity index is 1.68. The number of nitrogens with one attached hydrogen (secondary N) is 2. The number of aryl methyl sites for hydroxylation is 2. The first-order chi connectivity index (χ1) is 12.8. The minimum atomic E-state index is -0.774. The number of ketones is 2. The van der Waals surface area contributed by atoms with Crippen molar-refractivity contribution in [2.45, 2.75) is 32.1 Å². The molecule has 1 aliphatic heterocycles. The van der Waals surface area contributed by atoms with Crippen molar-refractivity contribution in [2.75, 3.05) is 10.6 Å². The van der Waals surface area contributed by atoms with Gasteiger partial charge in [0.25, 0.3) is 5.91 Å². The average Bonchev–Trinajstić information content (AvgIpc) is 2.63. The molecule has 0 fully saturated rings. The molecular weight excluding hydrogens is 360 g/mol. The van der Waals surface area contributed by atoms with Crippen molar-refractivity contribution in [3.63, 3.8) is 0 Å². The number of hydrogen-bond acceptors (Lipinski definition) is 5. The summed E-state index contributed by atoms with van der Waals surface area (Å²) in [4.78, 5) is 38.4. The smallest absolute Gasteiger partial charge is 0.292 e. The number of anilines is 2. The summed E-state index contributed by atoms with van der Waals surface area (Å²) in [5.74, 6) is -1.88. The zero-order valence-electron chi connectivity index (χ0n) is 15.4. The van der Waals surface area contributed by atoms with Gasteiger partial charge in [-0.2, -0.15) is 0 Å². The van der Waals surface area contributed by atoms with Crippen LogP contribution < -0.4 is 10.6 Å². The summed E-state index contributed by atoms with van der Waals surface area (Å²) in [6.45, 7) is 5.54. The number of rotatable bonds is 5. The average molecular weight is 380 g/mol. The van der Waals surface area contributed by atoms with Crippen LogP contribution in [0.25, 0.3) is 0 Å². The lowest BCUT2D eigenvalue weighted by molar-refractivity contribution is -0.136. The van der Waals surface area contributed by atoms with E-state index < -0.39 is 18.1 Å². The maximum atomic E-state index is 12.6. The highest BCUT2D eigenvalue weighted by molar-refractivity contribution is 8.04. The molecule has 0 aromatic heterocycles. The molecule has 138 valence electrons. The molecule has 5 nitrogen and oxygen atoms in total. The molecule has 1 amide bonds. The second kappa shape index (κ2) is 7.80. The summed E-state index contributed by atoms with van der Waals surface area (Å²) < 4.78 is 0. The molecule has 0 spiro atoms. The molecule has 0 atom stereocenters. The van der Waals surface area contributed by atoms with E-state index in [1.54, 1.807) is 13.0 Å². The molecule has 1 aliphatic rings. The molecule has 0 bridgehead atoms. The summed E-state index contributed by atoms with van der Waals surface area (Å²) in [6.07, 6.45) is -0.458. The molecule has 2 aromatic rings. The maximum Gasteiger partial charge on any atom is 0.292 e.